The first kappa shape index (κ1) is 17.0. The van der Waals surface area contributed by atoms with Crippen LogP contribution in [-0.2, 0) is 4.79 Å². The number of carbonyl (C=O) groups excluding carboxylic acids is 2. The lowest BCUT2D eigenvalue weighted by molar-refractivity contribution is -0.255. The van der Waals surface area contributed by atoms with Crippen LogP contribution in [0.3, 0.4) is 0 Å². The Bertz CT molecular complexity index is 915. The lowest BCUT2D eigenvalue weighted by Crippen LogP contribution is -2.21. The van der Waals surface area contributed by atoms with Crippen LogP contribution in [0.15, 0.2) is 52.4 Å². The molecule has 0 bridgehead atoms. The smallest absolute Gasteiger partial charge is 0.264 e. The van der Waals surface area contributed by atoms with E-state index in [1.165, 1.54) is 23.9 Å². The molecule has 6 heteroatoms. The number of aromatic carboxylic acids is 1. The average molecular weight is 351 g/mol. The third-order valence-electron chi connectivity index (χ3n) is 3.67. The number of amides is 1. The summed E-state index contributed by atoms with van der Waals surface area (Å²) in [5.74, 6) is -1.45. The van der Waals surface area contributed by atoms with E-state index in [2.05, 4.69) is 10.3 Å². The van der Waals surface area contributed by atoms with Gasteiger partial charge in [-0.05, 0) is 54.4 Å². The molecule has 25 heavy (non-hydrogen) atoms. The maximum Gasteiger partial charge on any atom is 0.264 e. The highest BCUT2D eigenvalue weighted by Gasteiger charge is 2.23. The van der Waals surface area contributed by atoms with E-state index >= 15 is 0 Å². The average Bonchev–Trinajstić information content (AvgIpc) is 2.90. The molecule has 1 aliphatic rings. The molecular weight excluding hydrogens is 336 g/mol. The standard InChI is InChI=1S/C19H16N2O3S/c1-11-3-8-15(12(2)9-11)20-19-21-17(22)16(25-19)10-13-4-6-14(7-5-13)18(23)24/h3-10H,1-2H3,(H,23,24)(H,20,21,22)/p-1/b16-10-. The van der Waals surface area contributed by atoms with Crippen LogP contribution in [0.4, 0.5) is 5.69 Å². The second-order valence-corrected chi connectivity index (χ2v) is 6.71. The van der Waals surface area contributed by atoms with Gasteiger partial charge in [0.25, 0.3) is 5.91 Å². The van der Waals surface area contributed by atoms with Crippen molar-refractivity contribution in [3.63, 3.8) is 0 Å². The molecule has 1 saturated heterocycles. The monoisotopic (exact) mass is 351 g/mol. The largest absolute Gasteiger partial charge is 0.545 e. The number of carbonyl (C=O) groups is 2. The summed E-state index contributed by atoms with van der Waals surface area (Å²) in [4.78, 5) is 27.9. The minimum absolute atomic E-state index is 0.0998. The number of nitrogens with one attached hydrogen (secondary N) is 1. The van der Waals surface area contributed by atoms with Crippen LogP contribution >= 0.6 is 11.8 Å². The Balaban J connectivity index is 1.82. The number of nitrogens with zero attached hydrogens (tertiary/aromatic N) is 1. The fourth-order valence-electron chi connectivity index (χ4n) is 2.39. The van der Waals surface area contributed by atoms with Crippen LogP contribution in [-0.4, -0.2) is 17.0 Å². The molecule has 1 amide bonds. The van der Waals surface area contributed by atoms with Gasteiger partial charge in [0.2, 0.25) is 0 Å². The molecular formula is C19H15N2O3S-. The van der Waals surface area contributed by atoms with Crippen molar-refractivity contribution in [1.29, 1.82) is 0 Å². The molecule has 0 aromatic heterocycles. The van der Waals surface area contributed by atoms with Gasteiger partial charge in [0.1, 0.15) is 0 Å². The number of amidine groups is 1. The zero-order valence-electron chi connectivity index (χ0n) is 13.7. The number of hydrogen-bond donors (Lipinski definition) is 1. The molecule has 3 rings (SSSR count). The summed E-state index contributed by atoms with van der Waals surface area (Å²) in [6.07, 6.45) is 1.70. The lowest BCUT2D eigenvalue weighted by Gasteiger charge is -2.02. The number of benzene rings is 2. The Morgan fingerprint density at radius 2 is 1.88 bits per heavy atom. The molecule has 0 atom stereocenters. The summed E-state index contributed by atoms with van der Waals surface area (Å²) in [7, 11) is 0. The van der Waals surface area contributed by atoms with Crippen molar-refractivity contribution < 1.29 is 14.7 Å². The first-order chi connectivity index (χ1) is 11.9. The zero-order chi connectivity index (χ0) is 18.0. The summed E-state index contributed by atoms with van der Waals surface area (Å²) in [6, 6.07) is 12.1. The first-order valence-corrected chi connectivity index (χ1v) is 8.42. The van der Waals surface area contributed by atoms with Crippen molar-refractivity contribution in [3.8, 4) is 0 Å². The number of carboxylic acid groups (broad SMARTS) is 1. The maximum absolute atomic E-state index is 12.1. The van der Waals surface area contributed by atoms with Gasteiger partial charge in [-0.1, -0.05) is 42.0 Å². The summed E-state index contributed by atoms with van der Waals surface area (Å²) < 4.78 is 0. The van der Waals surface area contributed by atoms with Crippen molar-refractivity contribution >= 4 is 40.6 Å². The number of rotatable bonds is 3. The highest BCUT2D eigenvalue weighted by atomic mass is 32.2. The van der Waals surface area contributed by atoms with Gasteiger partial charge >= 0.3 is 0 Å². The first-order valence-electron chi connectivity index (χ1n) is 7.60. The number of hydrogen-bond acceptors (Lipinski definition) is 5. The summed E-state index contributed by atoms with van der Waals surface area (Å²) >= 11 is 1.25. The SMILES string of the molecule is Cc1ccc(N=C2NC(=O)/C(=C/c3ccc(C(=O)[O-])cc3)S2)c(C)c1. The van der Waals surface area contributed by atoms with Gasteiger partial charge in [0, 0.05) is 0 Å². The van der Waals surface area contributed by atoms with E-state index in [0.717, 1.165) is 22.4 Å². The van der Waals surface area contributed by atoms with E-state index in [1.807, 2.05) is 32.0 Å². The molecule has 1 heterocycles. The molecule has 2 aromatic carbocycles. The molecule has 1 N–H and O–H groups in total. The van der Waals surface area contributed by atoms with Gasteiger partial charge in [0.15, 0.2) is 5.17 Å². The van der Waals surface area contributed by atoms with Gasteiger partial charge in [-0.2, -0.15) is 0 Å². The Labute approximate surface area is 149 Å². The summed E-state index contributed by atoms with van der Waals surface area (Å²) in [5.41, 5.74) is 3.84. The number of aryl methyl sites for hydroxylation is 2. The Morgan fingerprint density at radius 3 is 2.52 bits per heavy atom. The number of carboxylic acids is 1. The van der Waals surface area contributed by atoms with Gasteiger partial charge in [-0.3, -0.25) is 4.79 Å². The van der Waals surface area contributed by atoms with Crippen LogP contribution in [0.2, 0.25) is 0 Å². The normalized spacial score (nSPS) is 17.1. The van der Waals surface area contributed by atoms with Crippen molar-refractivity contribution in [1.82, 2.24) is 5.32 Å². The van der Waals surface area contributed by atoms with E-state index in [4.69, 9.17) is 0 Å². The topological polar surface area (TPSA) is 81.6 Å². The van der Waals surface area contributed by atoms with Gasteiger partial charge in [-0.25, -0.2) is 4.99 Å². The van der Waals surface area contributed by atoms with Gasteiger partial charge in [-0.15, -0.1) is 0 Å². The quantitative estimate of drug-likeness (QED) is 0.862. The third-order valence-corrected chi connectivity index (χ3v) is 4.58. The summed E-state index contributed by atoms with van der Waals surface area (Å²) in [5, 5.41) is 14.0. The van der Waals surface area contributed by atoms with Crippen LogP contribution in [0, 0.1) is 13.8 Å². The minimum Gasteiger partial charge on any atom is -0.545 e. The molecule has 0 radical (unpaired) electrons. The van der Waals surface area contributed by atoms with Crippen LogP contribution < -0.4 is 10.4 Å². The third kappa shape index (κ3) is 3.97. The Kier molecular flexibility index (Phi) is 4.72. The predicted molar refractivity (Wildman–Crippen MR) is 97.5 cm³/mol. The highest BCUT2D eigenvalue weighted by molar-refractivity contribution is 8.18. The molecule has 126 valence electrons. The van der Waals surface area contributed by atoms with E-state index < -0.39 is 5.97 Å². The molecule has 0 saturated carbocycles. The van der Waals surface area contributed by atoms with Crippen molar-refractivity contribution in [2.75, 3.05) is 0 Å². The zero-order valence-corrected chi connectivity index (χ0v) is 14.5. The molecule has 1 aliphatic heterocycles. The van der Waals surface area contributed by atoms with Crippen molar-refractivity contribution in [3.05, 3.63) is 69.6 Å². The fourth-order valence-corrected chi connectivity index (χ4v) is 3.22. The summed E-state index contributed by atoms with van der Waals surface area (Å²) in [6.45, 7) is 3.99. The van der Waals surface area contributed by atoms with E-state index in [0.29, 0.717) is 10.1 Å². The van der Waals surface area contributed by atoms with Crippen molar-refractivity contribution in [2.45, 2.75) is 13.8 Å². The van der Waals surface area contributed by atoms with Crippen molar-refractivity contribution in [2.24, 2.45) is 4.99 Å². The molecule has 0 unspecified atom stereocenters. The molecule has 1 fully saturated rings. The predicted octanol–water partition coefficient (Wildman–Crippen LogP) is 2.56. The van der Waals surface area contributed by atoms with Gasteiger partial charge < -0.3 is 15.2 Å². The highest BCUT2D eigenvalue weighted by Crippen LogP contribution is 2.29. The van der Waals surface area contributed by atoms with Crippen LogP contribution in [0.1, 0.15) is 27.0 Å². The second kappa shape index (κ2) is 6.94. The number of aliphatic imine (C=N–C) groups is 1. The van der Waals surface area contributed by atoms with E-state index in [-0.39, 0.29) is 11.5 Å². The maximum atomic E-state index is 12.1. The van der Waals surface area contributed by atoms with E-state index in [1.54, 1.807) is 18.2 Å². The fraction of sp³-hybridized carbons (Fsp3) is 0.105. The Hall–Kier alpha value is -2.86. The second-order valence-electron chi connectivity index (χ2n) is 5.68. The Morgan fingerprint density at radius 1 is 1.16 bits per heavy atom. The number of thioether (sulfide) groups is 1. The molecule has 2 aromatic rings. The lowest BCUT2D eigenvalue weighted by atomic mass is 10.1. The molecule has 0 aliphatic carbocycles. The molecule has 5 nitrogen and oxygen atoms in total. The van der Waals surface area contributed by atoms with E-state index in [9.17, 15) is 14.7 Å². The van der Waals surface area contributed by atoms with Crippen LogP contribution in [0.5, 0.6) is 0 Å². The minimum atomic E-state index is -1.23. The molecule has 0 spiro atoms. The van der Waals surface area contributed by atoms with Crippen LogP contribution in [0.25, 0.3) is 6.08 Å². The van der Waals surface area contributed by atoms with Gasteiger partial charge in [0.05, 0.1) is 16.6 Å².